The lowest BCUT2D eigenvalue weighted by Gasteiger charge is -2.42. The largest absolute Gasteiger partial charge is 0.334 e. The van der Waals surface area contributed by atoms with Gasteiger partial charge < -0.3 is 14.3 Å². The van der Waals surface area contributed by atoms with Crippen LogP contribution in [0.3, 0.4) is 0 Å². The molecule has 1 unspecified atom stereocenters. The molecular formula is C17H19ClF2N4O4S2. The van der Waals surface area contributed by atoms with Gasteiger partial charge in [-0.15, -0.1) is 11.3 Å². The fourth-order valence-electron chi connectivity index (χ4n) is 3.79. The number of thiophene rings is 1. The van der Waals surface area contributed by atoms with Crippen LogP contribution in [0.5, 0.6) is 0 Å². The lowest BCUT2D eigenvalue weighted by atomic mass is 9.98. The normalized spacial score (nSPS) is 22.6. The molecule has 0 radical (unpaired) electrons. The Balaban J connectivity index is 1.55. The van der Waals surface area contributed by atoms with E-state index in [1.807, 2.05) is 6.07 Å². The fourth-order valence-corrected chi connectivity index (χ4v) is 6.45. The number of sulfone groups is 1. The number of rotatable bonds is 4. The van der Waals surface area contributed by atoms with Gasteiger partial charge in [-0.25, -0.2) is 8.42 Å². The zero-order valence-electron chi connectivity index (χ0n) is 15.7. The molecule has 0 aliphatic carbocycles. The van der Waals surface area contributed by atoms with Crippen molar-refractivity contribution < 1.29 is 26.5 Å². The van der Waals surface area contributed by atoms with Crippen LogP contribution in [0.25, 0.3) is 0 Å². The molecule has 1 amide bonds. The lowest BCUT2D eigenvalue weighted by molar-refractivity contribution is -0.138. The van der Waals surface area contributed by atoms with Gasteiger partial charge in [0.15, 0.2) is 0 Å². The number of anilines is 1. The summed E-state index contributed by atoms with van der Waals surface area (Å²) in [6, 6.07) is 3.18. The van der Waals surface area contributed by atoms with Gasteiger partial charge in [0, 0.05) is 30.4 Å². The van der Waals surface area contributed by atoms with E-state index >= 15 is 0 Å². The molecule has 30 heavy (non-hydrogen) atoms. The zero-order chi connectivity index (χ0) is 21.5. The summed E-state index contributed by atoms with van der Waals surface area (Å²) in [5.74, 6) is -1.12. The average Bonchev–Trinajstić information content (AvgIpc) is 3.36. The van der Waals surface area contributed by atoms with Gasteiger partial charge in [0.2, 0.25) is 5.91 Å². The summed E-state index contributed by atoms with van der Waals surface area (Å²) in [5.41, 5.74) is 0. The number of aromatic nitrogens is 2. The third kappa shape index (κ3) is 4.45. The molecule has 4 rings (SSSR count). The van der Waals surface area contributed by atoms with Crippen LogP contribution in [-0.2, 0) is 14.6 Å². The Labute approximate surface area is 180 Å². The molecule has 0 aromatic carbocycles. The second-order valence-electron chi connectivity index (χ2n) is 7.29. The van der Waals surface area contributed by atoms with Crippen LogP contribution < -0.4 is 4.90 Å². The smallest absolute Gasteiger partial charge is 0.316 e. The second-order valence-corrected chi connectivity index (χ2v) is 11.3. The summed E-state index contributed by atoms with van der Waals surface area (Å²) < 4.78 is 54.2. The third-order valence-corrected chi connectivity index (χ3v) is 8.44. The third-order valence-electron chi connectivity index (χ3n) is 5.39. The predicted molar refractivity (Wildman–Crippen MR) is 107 cm³/mol. The Morgan fingerprint density at radius 1 is 1.27 bits per heavy atom. The highest BCUT2D eigenvalue weighted by molar-refractivity contribution is 7.91. The molecule has 13 heteroatoms. The monoisotopic (exact) mass is 480 g/mol. The molecule has 0 N–H and O–H groups in total. The molecule has 2 fully saturated rings. The standard InChI is InChI=1S/C17H19ClF2N4O4S2/c18-13-2-1-12(29-13)11-9-23(17-21-15(14(19)20)28-22-17)5-6-24(11)16(25)10-3-7-30(26,27)8-4-10/h1-2,10-11,14H,3-9H2. The van der Waals surface area contributed by atoms with E-state index in [4.69, 9.17) is 11.6 Å². The van der Waals surface area contributed by atoms with E-state index in [2.05, 4.69) is 14.7 Å². The van der Waals surface area contributed by atoms with Crippen molar-refractivity contribution in [1.82, 2.24) is 15.0 Å². The molecule has 1 atom stereocenters. The highest BCUT2D eigenvalue weighted by Crippen LogP contribution is 2.36. The van der Waals surface area contributed by atoms with Gasteiger partial charge in [0.25, 0.3) is 11.8 Å². The molecule has 2 aromatic heterocycles. The molecule has 2 aliphatic heterocycles. The Kier molecular flexibility index (Phi) is 5.99. The maximum absolute atomic E-state index is 13.2. The van der Waals surface area contributed by atoms with Crippen molar-refractivity contribution >= 4 is 44.6 Å². The van der Waals surface area contributed by atoms with E-state index in [1.165, 1.54) is 11.3 Å². The van der Waals surface area contributed by atoms with Gasteiger partial charge in [0.05, 0.1) is 21.9 Å². The lowest BCUT2D eigenvalue weighted by Crippen LogP contribution is -2.53. The molecule has 8 nitrogen and oxygen atoms in total. The molecule has 0 bridgehead atoms. The van der Waals surface area contributed by atoms with Crippen LogP contribution in [0.2, 0.25) is 4.34 Å². The Bertz CT molecular complexity index is 1010. The maximum Gasteiger partial charge on any atom is 0.316 e. The van der Waals surface area contributed by atoms with Crippen molar-refractivity contribution in [3.05, 3.63) is 27.2 Å². The Hall–Kier alpha value is -1.79. The van der Waals surface area contributed by atoms with Gasteiger partial charge in [-0.3, -0.25) is 4.79 Å². The van der Waals surface area contributed by atoms with Gasteiger partial charge in [-0.2, -0.15) is 13.8 Å². The molecule has 4 heterocycles. The minimum atomic E-state index is -3.07. The van der Waals surface area contributed by atoms with Crippen molar-refractivity contribution in [2.45, 2.75) is 25.3 Å². The summed E-state index contributed by atoms with van der Waals surface area (Å²) in [6.07, 6.45) is -2.24. The molecular weight excluding hydrogens is 462 g/mol. The van der Waals surface area contributed by atoms with Crippen molar-refractivity contribution in [3.8, 4) is 0 Å². The topological polar surface area (TPSA) is 96.6 Å². The first-order valence-electron chi connectivity index (χ1n) is 9.36. The Morgan fingerprint density at radius 2 is 2.00 bits per heavy atom. The second kappa shape index (κ2) is 8.39. The summed E-state index contributed by atoms with van der Waals surface area (Å²) >= 11 is 7.42. The minimum Gasteiger partial charge on any atom is -0.334 e. The van der Waals surface area contributed by atoms with E-state index in [9.17, 15) is 22.0 Å². The van der Waals surface area contributed by atoms with E-state index < -0.39 is 22.2 Å². The maximum atomic E-state index is 13.2. The minimum absolute atomic E-state index is 0.0120. The first-order valence-corrected chi connectivity index (χ1v) is 12.4. The summed E-state index contributed by atoms with van der Waals surface area (Å²) in [7, 11) is -3.07. The SMILES string of the molecule is O=C(C1CCS(=O)(=O)CC1)N1CCN(c2noc(C(F)F)n2)CC1c1ccc(Cl)s1. The van der Waals surface area contributed by atoms with Crippen LogP contribution in [0.1, 0.15) is 36.1 Å². The van der Waals surface area contributed by atoms with Crippen LogP contribution in [0.4, 0.5) is 14.7 Å². The summed E-state index contributed by atoms with van der Waals surface area (Å²) in [5, 5.41) is 3.64. The number of nitrogens with zero attached hydrogens (tertiary/aromatic N) is 4. The van der Waals surface area contributed by atoms with E-state index in [0.29, 0.717) is 30.3 Å². The molecule has 0 saturated carbocycles. The number of amides is 1. The van der Waals surface area contributed by atoms with E-state index in [-0.39, 0.29) is 41.9 Å². The first-order chi connectivity index (χ1) is 14.2. The van der Waals surface area contributed by atoms with Gasteiger partial charge in [-0.05, 0) is 30.1 Å². The average molecular weight is 481 g/mol. The van der Waals surface area contributed by atoms with Crippen LogP contribution in [-0.4, -0.2) is 60.5 Å². The van der Waals surface area contributed by atoms with E-state index in [1.54, 1.807) is 15.9 Å². The van der Waals surface area contributed by atoms with Gasteiger partial charge in [0.1, 0.15) is 9.84 Å². The summed E-state index contributed by atoms with van der Waals surface area (Å²) in [4.78, 5) is 21.2. The highest BCUT2D eigenvalue weighted by atomic mass is 35.5. The number of carbonyl (C=O) groups is 1. The molecule has 0 spiro atoms. The van der Waals surface area contributed by atoms with Crippen molar-refractivity contribution in [1.29, 1.82) is 0 Å². The fraction of sp³-hybridized carbons (Fsp3) is 0.588. The molecule has 164 valence electrons. The number of hydrogen-bond donors (Lipinski definition) is 0. The number of carbonyl (C=O) groups excluding carboxylic acids is 1. The number of piperazine rings is 1. The van der Waals surface area contributed by atoms with Gasteiger partial charge in [-0.1, -0.05) is 11.6 Å². The van der Waals surface area contributed by atoms with Crippen LogP contribution in [0, 0.1) is 5.92 Å². The van der Waals surface area contributed by atoms with Crippen molar-refractivity contribution in [3.63, 3.8) is 0 Å². The quantitative estimate of drug-likeness (QED) is 0.663. The zero-order valence-corrected chi connectivity index (χ0v) is 18.1. The summed E-state index contributed by atoms with van der Waals surface area (Å²) in [6.45, 7) is 0.950. The Morgan fingerprint density at radius 3 is 2.60 bits per heavy atom. The van der Waals surface area contributed by atoms with Crippen LogP contribution >= 0.6 is 22.9 Å². The molecule has 2 aliphatic rings. The predicted octanol–water partition coefficient (Wildman–Crippen LogP) is 2.94. The number of alkyl halides is 2. The highest BCUT2D eigenvalue weighted by Gasteiger charge is 2.39. The first kappa shape index (κ1) is 21.4. The molecule has 2 aromatic rings. The van der Waals surface area contributed by atoms with Gasteiger partial charge >= 0.3 is 6.43 Å². The molecule has 2 saturated heterocycles. The van der Waals surface area contributed by atoms with Crippen LogP contribution in [0.15, 0.2) is 16.7 Å². The number of hydrogen-bond acceptors (Lipinski definition) is 8. The van der Waals surface area contributed by atoms with Crippen molar-refractivity contribution in [2.75, 3.05) is 36.0 Å². The number of halogens is 3. The van der Waals surface area contributed by atoms with Crippen molar-refractivity contribution in [2.24, 2.45) is 5.92 Å². The van der Waals surface area contributed by atoms with E-state index in [0.717, 1.165) is 4.88 Å².